The minimum absolute atomic E-state index is 0.0297. The molecule has 1 fully saturated rings. The molecule has 2 rings (SSSR count). The molecule has 1 amide bonds. The zero-order valence-electron chi connectivity index (χ0n) is 11.0. The highest BCUT2D eigenvalue weighted by Crippen LogP contribution is 2.20. The largest absolute Gasteiger partial charge is 0.398 e. The Morgan fingerprint density at radius 1 is 1.39 bits per heavy atom. The van der Waals surface area contributed by atoms with Crippen LogP contribution in [-0.4, -0.2) is 37.1 Å². The molecule has 1 heterocycles. The van der Waals surface area contributed by atoms with Gasteiger partial charge in [-0.2, -0.15) is 0 Å². The topological polar surface area (TPSA) is 55.6 Å². The maximum absolute atomic E-state index is 12.3. The van der Waals surface area contributed by atoms with Gasteiger partial charge in [-0.05, 0) is 37.5 Å². The summed E-state index contributed by atoms with van der Waals surface area (Å²) in [5.41, 5.74) is 8.15. The van der Waals surface area contributed by atoms with E-state index in [0.29, 0.717) is 11.3 Å². The number of nitrogens with zero attached hydrogens (tertiary/aromatic N) is 1. The number of rotatable bonds is 2. The summed E-state index contributed by atoms with van der Waals surface area (Å²) in [5.74, 6) is 0.0297. The zero-order valence-corrected chi connectivity index (χ0v) is 11.0. The number of amides is 1. The fourth-order valence-corrected chi connectivity index (χ4v) is 2.34. The Hall–Kier alpha value is -1.55. The van der Waals surface area contributed by atoms with Crippen molar-refractivity contribution >= 4 is 11.6 Å². The van der Waals surface area contributed by atoms with Crippen LogP contribution in [0.3, 0.4) is 0 Å². The minimum Gasteiger partial charge on any atom is -0.398 e. The first-order valence-electron chi connectivity index (χ1n) is 6.30. The molecular formula is C14H20N2O2. The van der Waals surface area contributed by atoms with Crippen molar-refractivity contribution in [3.63, 3.8) is 0 Å². The fourth-order valence-electron chi connectivity index (χ4n) is 2.34. The number of anilines is 1. The van der Waals surface area contributed by atoms with Crippen LogP contribution in [0.5, 0.6) is 0 Å². The van der Waals surface area contributed by atoms with Gasteiger partial charge in [0.05, 0.1) is 11.7 Å². The summed E-state index contributed by atoms with van der Waals surface area (Å²) in [6, 6.07) is 5.58. The summed E-state index contributed by atoms with van der Waals surface area (Å²) in [5, 5.41) is 0. The third kappa shape index (κ3) is 2.64. The Kier molecular flexibility index (Phi) is 3.87. The van der Waals surface area contributed by atoms with Crippen LogP contribution >= 0.6 is 0 Å². The number of aryl methyl sites for hydroxylation is 1. The van der Waals surface area contributed by atoms with Crippen LogP contribution in [0.25, 0.3) is 0 Å². The summed E-state index contributed by atoms with van der Waals surface area (Å²) in [6.45, 7) is 3.45. The van der Waals surface area contributed by atoms with Crippen molar-refractivity contribution in [2.75, 3.05) is 25.9 Å². The summed E-state index contributed by atoms with van der Waals surface area (Å²) in [4.78, 5) is 14.2. The summed E-state index contributed by atoms with van der Waals surface area (Å²) < 4.78 is 5.30. The van der Waals surface area contributed by atoms with E-state index in [-0.39, 0.29) is 12.0 Å². The molecule has 0 unspecified atom stereocenters. The van der Waals surface area contributed by atoms with Gasteiger partial charge in [0.1, 0.15) is 0 Å². The number of benzene rings is 1. The number of hydrogen-bond acceptors (Lipinski definition) is 3. The van der Waals surface area contributed by atoms with E-state index in [1.54, 1.807) is 7.11 Å². The Balaban J connectivity index is 2.08. The quantitative estimate of drug-likeness (QED) is 0.812. The molecule has 4 nitrogen and oxygen atoms in total. The molecule has 1 aliphatic rings. The molecule has 18 heavy (non-hydrogen) atoms. The highest BCUT2D eigenvalue weighted by molar-refractivity contribution is 5.99. The van der Waals surface area contributed by atoms with Crippen molar-refractivity contribution in [1.29, 1.82) is 0 Å². The Labute approximate surface area is 108 Å². The van der Waals surface area contributed by atoms with Gasteiger partial charge in [0, 0.05) is 25.9 Å². The molecule has 0 aliphatic carbocycles. The maximum atomic E-state index is 12.3. The number of likely N-dealkylation sites (tertiary alicyclic amines) is 1. The minimum atomic E-state index is 0.0297. The van der Waals surface area contributed by atoms with Gasteiger partial charge in [0.15, 0.2) is 0 Å². The lowest BCUT2D eigenvalue weighted by Gasteiger charge is -2.31. The number of carbonyl (C=O) groups is 1. The van der Waals surface area contributed by atoms with E-state index in [4.69, 9.17) is 10.5 Å². The normalized spacial score (nSPS) is 16.9. The molecule has 1 saturated heterocycles. The summed E-state index contributed by atoms with van der Waals surface area (Å²) in [6.07, 6.45) is 2.08. The lowest BCUT2D eigenvalue weighted by atomic mass is 10.0. The first-order chi connectivity index (χ1) is 8.61. The number of nitrogens with two attached hydrogens (primary N) is 1. The Morgan fingerprint density at radius 2 is 2.06 bits per heavy atom. The van der Waals surface area contributed by atoms with Crippen molar-refractivity contribution in [1.82, 2.24) is 4.90 Å². The van der Waals surface area contributed by atoms with E-state index in [9.17, 15) is 4.79 Å². The molecule has 0 spiro atoms. The SMILES string of the molecule is COC1CCN(C(=O)c2ccc(C)cc2N)CC1. The molecular weight excluding hydrogens is 228 g/mol. The molecule has 0 radical (unpaired) electrons. The average Bonchev–Trinajstić information content (AvgIpc) is 2.38. The lowest BCUT2D eigenvalue weighted by Crippen LogP contribution is -2.40. The molecule has 1 aliphatic heterocycles. The van der Waals surface area contributed by atoms with Crippen LogP contribution in [0.4, 0.5) is 5.69 Å². The van der Waals surface area contributed by atoms with Gasteiger partial charge in [-0.3, -0.25) is 4.79 Å². The van der Waals surface area contributed by atoms with Crippen LogP contribution in [0.2, 0.25) is 0 Å². The van der Waals surface area contributed by atoms with Crippen molar-refractivity contribution in [2.45, 2.75) is 25.9 Å². The molecule has 4 heteroatoms. The van der Waals surface area contributed by atoms with Crippen molar-refractivity contribution in [3.8, 4) is 0 Å². The lowest BCUT2D eigenvalue weighted by molar-refractivity contribution is 0.0351. The molecule has 0 atom stereocenters. The highest BCUT2D eigenvalue weighted by atomic mass is 16.5. The van der Waals surface area contributed by atoms with E-state index < -0.39 is 0 Å². The van der Waals surface area contributed by atoms with Gasteiger partial charge in [-0.25, -0.2) is 0 Å². The summed E-state index contributed by atoms with van der Waals surface area (Å²) >= 11 is 0. The number of methoxy groups -OCH3 is 1. The van der Waals surface area contributed by atoms with Gasteiger partial charge in [-0.15, -0.1) is 0 Å². The van der Waals surface area contributed by atoms with Gasteiger partial charge >= 0.3 is 0 Å². The van der Waals surface area contributed by atoms with Gasteiger partial charge in [0.2, 0.25) is 0 Å². The maximum Gasteiger partial charge on any atom is 0.255 e. The predicted octanol–water partition coefficient (Wildman–Crippen LogP) is 1.83. The second kappa shape index (κ2) is 5.40. The molecule has 1 aromatic rings. The van der Waals surface area contributed by atoms with E-state index in [0.717, 1.165) is 31.5 Å². The Bertz CT molecular complexity index is 437. The van der Waals surface area contributed by atoms with Crippen LogP contribution < -0.4 is 5.73 Å². The molecule has 0 saturated carbocycles. The number of ether oxygens (including phenoxy) is 1. The van der Waals surface area contributed by atoms with Crippen molar-refractivity contribution in [2.24, 2.45) is 0 Å². The number of nitrogen functional groups attached to an aromatic ring is 1. The molecule has 98 valence electrons. The second-order valence-electron chi connectivity index (χ2n) is 4.82. The van der Waals surface area contributed by atoms with Gasteiger partial charge < -0.3 is 15.4 Å². The molecule has 0 bridgehead atoms. The Morgan fingerprint density at radius 3 is 2.61 bits per heavy atom. The van der Waals surface area contributed by atoms with E-state index in [1.807, 2.05) is 30.0 Å². The zero-order chi connectivity index (χ0) is 13.1. The third-order valence-electron chi connectivity index (χ3n) is 3.50. The standard InChI is InChI=1S/C14H20N2O2/c1-10-3-4-12(13(15)9-10)14(17)16-7-5-11(18-2)6-8-16/h3-4,9,11H,5-8,15H2,1-2H3. The summed E-state index contributed by atoms with van der Waals surface area (Å²) in [7, 11) is 1.72. The number of piperidine rings is 1. The van der Waals surface area contributed by atoms with Crippen LogP contribution in [0.15, 0.2) is 18.2 Å². The van der Waals surface area contributed by atoms with E-state index in [1.165, 1.54) is 0 Å². The van der Waals surface area contributed by atoms with Gasteiger partial charge in [-0.1, -0.05) is 6.07 Å². The van der Waals surface area contributed by atoms with E-state index >= 15 is 0 Å². The second-order valence-corrected chi connectivity index (χ2v) is 4.82. The van der Waals surface area contributed by atoms with Gasteiger partial charge in [0.25, 0.3) is 5.91 Å². The van der Waals surface area contributed by atoms with Crippen LogP contribution in [0, 0.1) is 6.92 Å². The number of hydrogen-bond donors (Lipinski definition) is 1. The molecule has 0 aromatic heterocycles. The monoisotopic (exact) mass is 248 g/mol. The van der Waals surface area contributed by atoms with Crippen molar-refractivity contribution in [3.05, 3.63) is 29.3 Å². The smallest absolute Gasteiger partial charge is 0.255 e. The fraction of sp³-hybridized carbons (Fsp3) is 0.500. The average molecular weight is 248 g/mol. The first kappa shape index (κ1) is 12.9. The van der Waals surface area contributed by atoms with Crippen LogP contribution in [0.1, 0.15) is 28.8 Å². The van der Waals surface area contributed by atoms with Crippen molar-refractivity contribution < 1.29 is 9.53 Å². The first-order valence-corrected chi connectivity index (χ1v) is 6.30. The molecule has 2 N–H and O–H groups in total. The third-order valence-corrected chi connectivity index (χ3v) is 3.50. The highest BCUT2D eigenvalue weighted by Gasteiger charge is 2.24. The number of carbonyl (C=O) groups excluding carboxylic acids is 1. The predicted molar refractivity (Wildman–Crippen MR) is 71.5 cm³/mol. The van der Waals surface area contributed by atoms with E-state index in [2.05, 4.69) is 0 Å². The van der Waals surface area contributed by atoms with Crippen LogP contribution in [-0.2, 0) is 4.74 Å². The molecule has 1 aromatic carbocycles.